The number of aromatic nitrogens is 1. The number of rotatable bonds is 5. The first-order valence-electron chi connectivity index (χ1n) is 9.10. The maximum Gasteiger partial charge on any atom is 0.162 e. The first kappa shape index (κ1) is 22.5. The lowest BCUT2D eigenvalue weighted by molar-refractivity contribution is 0.206. The van der Waals surface area contributed by atoms with Gasteiger partial charge in [-0.05, 0) is 25.3 Å². The molecule has 2 aromatic rings. The van der Waals surface area contributed by atoms with Crippen molar-refractivity contribution < 1.29 is 0 Å². The van der Waals surface area contributed by atoms with E-state index in [4.69, 9.17) is 34.9 Å². The van der Waals surface area contributed by atoms with Crippen LogP contribution in [-0.2, 0) is 0 Å². The SMILES string of the molecule is CC(C)(S)N(N)/C(=N\N)C(c1cccs1)N1CCN(c2c(Cl)cncc2Cl)CC1. The smallest absolute Gasteiger partial charge is 0.162 e. The number of nitrogens with zero attached hydrogens (tertiary/aromatic N) is 5. The molecule has 3 heterocycles. The summed E-state index contributed by atoms with van der Waals surface area (Å²) >= 11 is 18.9. The molecule has 1 unspecified atom stereocenters. The number of halogens is 2. The molecule has 0 spiro atoms. The van der Waals surface area contributed by atoms with Crippen molar-refractivity contribution in [3.05, 3.63) is 44.8 Å². The Morgan fingerprint density at radius 1 is 1.28 bits per heavy atom. The number of thiol groups is 1. The van der Waals surface area contributed by atoms with Crippen molar-refractivity contribution in [2.45, 2.75) is 24.8 Å². The fourth-order valence-corrected chi connectivity index (χ4v) is 4.93. The normalized spacial score (nSPS) is 17.4. The number of hydrazone groups is 1. The van der Waals surface area contributed by atoms with E-state index < -0.39 is 4.87 Å². The average molecular weight is 474 g/mol. The summed E-state index contributed by atoms with van der Waals surface area (Å²) < 4.78 is 0. The van der Waals surface area contributed by atoms with Gasteiger partial charge in [0.2, 0.25) is 0 Å². The van der Waals surface area contributed by atoms with Crippen LogP contribution in [0, 0.1) is 0 Å². The van der Waals surface area contributed by atoms with Crippen LogP contribution >= 0.6 is 47.2 Å². The molecule has 0 aromatic carbocycles. The van der Waals surface area contributed by atoms with Gasteiger partial charge < -0.3 is 10.7 Å². The molecular weight excluding hydrogens is 449 g/mol. The molecule has 1 fully saturated rings. The Hall–Kier alpha value is -1.23. The largest absolute Gasteiger partial charge is 0.366 e. The van der Waals surface area contributed by atoms with Gasteiger partial charge in [-0.2, -0.15) is 17.7 Å². The van der Waals surface area contributed by atoms with Crippen LogP contribution in [0.3, 0.4) is 0 Å². The van der Waals surface area contributed by atoms with E-state index in [0.29, 0.717) is 15.9 Å². The molecule has 1 aliphatic rings. The molecule has 0 radical (unpaired) electrons. The molecule has 3 rings (SSSR count). The molecule has 0 amide bonds. The average Bonchev–Trinajstić information content (AvgIpc) is 3.19. The lowest BCUT2D eigenvalue weighted by atomic mass is 10.1. The highest BCUT2D eigenvalue weighted by atomic mass is 35.5. The first-order valence-corrected chi connectivity index (χ1v) is 11.2. The first-order chi connectivity index (χ1) is 13.7. The summed E-state index contributed by atoms with van der Waals surface area (Å²) in [6, 6.07) is 3.92. The van der Waals surface area contributed by atoms with E-state index in [1.807, 2.05) is 25.3 Å². The zero-order chi connectivity index (χ0) is 21.2. The van der Waals surface area contributed by atoms with E-state index >= 15 is 0 Å². The molecule has 1 atom stereocenters. The number of piperazine rings is 1. The zero-order valence-corrected chi connectivity index (χ0v) is 19.5. The van der Waals surface area contributed by atoms with Crippen molar-refractivity contribution in [2.24, 2.45) is 16.8 Å². The molecule has 1 saturated heterocycles. The van der Waals surface area contributed by atoms with Gasteiger partial charge in [-0.1, -0.05) is 29.3 Å². The third-order valence-corrected chi connectivity index (χ3v) is 6.54. The number of hydrogen-bond acceptors (Lipinski definition) is 8. The number of anilines is 1. The van der Waals surface area contributed by atoms with Crippen LogP contribution in [0.1, 0.15) is 24.8 Å². The molecule has 0 bridgehead atoms. The van der Waals surface area contributed by atoms with Crippen LogP contribution < -0.4 is 16.6 Å². The van der Waals surface area contributed by atoms with Gasteiger partial charge in [-0.15, -0.1) is 11.3 Å². The summed E-state index contributed by atoms with van der Waals surface area (Å²) in [4.78, 5) is 9.03. The van der Waals surface area contributed by atoms with E-state index in [1.54, 1.807) is 23.7 Å². The van der Waals surface area contributed by atoms with Crippen molar-refractivity contribution >= 4 is 58.7 Å². The second kappa shape index (κ2) is 9.28. The molecule has 7 nitrogen and oxygen atoms in total. The highest BCUT2D eigenvalue weighted by Gasteiger charge is 2.36. The standard InChI is InChI=1S/C18H25Cl2N7S2/c1-18(2,28)27(22)17(24-21)16(14-4-3-9-29-14)26-7-5-25(6-8-26)15-12(19)10-23-11-13(15)20/h3-4,9-11,16,28H,5-8,21-22H2,1-2H3/b24-17-. The molecule has 0 saturated carbocycles. The lowest BCUT2D eigenvalue weighted by Gasteiger charge is -2.43. The van der Waals surface area contributed by atoms with E-state index in [-0.39, 0.29) is 6.04 Å². The second-order valence-electron chi connectivity index (χ2n) is 7.24. The number of thiophene rings is 1. The minimum absolute atomic E-state index is 0.165. The Bertz CT molecular complexity index is 826. The van der Waals surface area contributed by atoms with Crippen molar-refractivity contribution in [3.8, 4) is 0 Å². The molecule has 1 aliphatic heterocycles. The van der Waals surface area contributed by atoms with E-state index in [0.717, 1.165) is 36.7 Å². The number of hydrogen-bond donors (Lipinski definition) is 3. The Morgan fingerprint density at radius 2 is 1.90 bits per heavy atom. The van der Waals surface area contributed by atoms with Crippen molar-refractivity contribution in [1.82, 2.24) is 14.9 Å². The van der Waals surface area contributed by atoms with E-state index in [2.05, 4.69) is 38.6 Å². The predicted octanol–water partition coefficient (Wildman–Crippen LogP) is 3.43. The van der Waals surface area contributed by atoms with Crippen LogP contribution in [0.5, 0.6) is 0 Å². The molecule has 158 valence electrons. The third-order valence-electron chi connectivity index (χ3n) is 4.85. The Balaban J connectivity index is 1.84. The molecule has 2 aromatic heterocycles. The Kier molecular flexibility index (Phi) is 7.19. The number of nitrogens with two attached hydrogens (primary N) is 2. The van der Waals surface area contributed by atoms with Gasteiger partial charge in [0.1, 0.15) is 6.04 Å². The van der Waals surface area contributed by atoms with Crippen LogP contribution in [-0.4, -0.2) is 51.8 Å². The van der Waals surface area contributed by atoms with Crippen LogP contribution in [0.4, 0.5) is 5.69 Å². The topological polar surface area (TPSA) is 87.0 Å². The van der Waals surface area contributed by atoms with Gasteiger partial charge in [0, 0.05) is 43.4 Å². The Labute approximate surface area is 190 Å². The minimum atomic E-state index is -0.617. The quantitative estimate of drug-likeness (QED) is 0.154. The van der Waals surface area contributed by atoms with Crippen LogP contribution in [0.15, 0.2) is 35.0 Å². The number of hydrazine groups is 1. The van der Waals surface area contributed by atoms with Gasteiger partial charge in [-0.3, -0.25) is 14.9 Å². The minimum Gasteiger partial charge on any atom is -0.366 e. The highest BCUT2D eigenvalue weighted by Crippen LogP contribution is 2.35. The summed E-state index contributed by atoms with van der Waals surface area (Å²) in [5.74, 6) is 12.7. The van der Waals surface area contributed by atoms with Crippen molar-refractivity contribution in [3.63, 3.8) is 0 Å². The predicted molar refractivity (Wildman–Crippen MR) is 126 cm³/mol. The van der Waals surface area contributed by atoms with Gasteiger partial charge in [0.15, 0.2) is 5.84 Å². The van der Waals surface area contributed by atoms with Crippen LogP contribution in [0.25, 0.3) is 0 Å². The maximum atomic E-state index is 6.35. The maximum absolute atomic E-state index is 6.35. The molecule has 0 aliphatic carbocycles. The summed E-state index contributed by atoms with van der Waals surface area (Å²) in [6.45, 7) is 6.82. The molecule has 4 N–H and O–H groups in total. The van der Waals surface area contributed by atoms with Gasteiger partial charge in [0.05, 0.1) is 20.6 Å². The fraction of sp³-hybridized carbons (Fsp3) is 0.444. The molecule has 11 heteroatoms. The second-order valence-corrected chi connectivity index (χ2v) is 10.1. The monoisotopic (exact) mass is 473 g/mol. The van der Waals surface area contributed by atoms with Gasteiger partial charge in [0.25, 0.3) is 0 Å². The molecular formula is C18H25Cl2N7S2. The summed E-state index contributed by atoms with van der Waals surface area (Å²) in [5.41, 5.74) is 0.820. The summed E-state index contributed by atoms with van der Waals surface area (Å²) in [6.07, 6.45) is 3.23. The number of pyridine rings is 1. The van der Waals surface area contributed by atoms with Crippen LogP contribution in [0.2, 0.25) is 10.0 Å². The van der Waals surface area contributed by atoms with E-state index in [9.17, 15) is 0 Å². The third kappa shape index (κ3) is 4.92. The summed E-state index contributed by atoms with van der Waals surface area (Å²) in [7, 11) is 0. The van der Waals surface area contributed by atoms with Crippen molar-refractivity contribution in [2.75, 3.05) is 31.1 Å². The lowest BCUT2D eigenvalue weighted by Crippen LogP contribution is -2.56. The highest BCUT2D eigenvalue weighted by molar-refractivity contribution is 7.81. The van der Waals surface area contributed by atoms with Crippen molar-refractivity contribution in [1.29, 1.82) is 0 Å². The van der Waals surface area contributed by atoms with Gasteiger partial charge in [-0.25, -0.2) is 5.84 Å². The summed E-state index contributed by atoms with van der Waals surface area (Å²) in [5, 5.41) is 8.73. The molecule has 29 heavy (non-hydrogen) atoms. The fourth-order valence-electron chi connectivity index (χ4n) is 3.37. The Morgan fingerprint density at radius 3 is 2.38 bits per heavy atom. The van der Waals surface area contributed by atoms with Gasteiger partial charge >= 0.3 is 0 Å². The zero-order valence-electron chi connectivity index (χ0n) is 16.3. The van der Waals surface area contributed by atoms with E-state index in [1.165, 1.54) is 5.01 Å². The number of amidine groups is 1.